The third kappa shape index (κ3) is 8.35. The fourth-order valence-corrected chi connectivity index (χ4v) is 1.14. The topological polar surface area (TPSA) is 59.0 Å². The lowest BCUT2D eigenvalue weighted by Crippen LogP contribution is -2.30. The fraction of sp³-hybridized carbons (Fsp3) is 0.900. The molecular formula is C10H21NO4. The zero-order chi connectivity index (χ0) is 11.5. The van der Waals surface area contributed by atoms with Crippen molar-refractivity contribution in [2.75, 3.05) is 46.6 Å². The molecular weight excluding hydrogens is 198 g/mol. The van der Waals surface area contributed by atoms with E-state index in [1.54, 1.807) is 0 Å². The molecule has 0 amide bonds. The number of likely N-dealkylation sites (N-methyl/N-ethyl adjacent to an activating group) is 1. The second-order valence-electron chi connectivity index (χ2n) is 3.10. The first kappa shape index (κ1) is 14.3. The Hall–Kier alpha value is -0.650. The summed E-state index contributed by atoms with van der Waals surface area (Å²) < 4.78 is 9.70. The standard InChI is InChI=1S/C10H21NO4/c1-3-11(5-4-10(13)14-2)6-8-15-9-7-12/h12H,3-9H2,1-2H3. The molecule has 0 aliphatic heterocycles. The van der Waals surface area contributed by atoms with Gasteiger partial charge in [0.1, 0.15) is 0 Å². The van der Waals surface area contributed by atoms with Gasteiger partial charge in [0.2, 0.25) is 0 Å². The molecule has 5 heteroatoms. The number of nitrogens with zero attached hydrogens (tertiary/aromatic N) is 1. The maximum absolute atomic E-state index is 10.9. The van der Waals surface area contributed by atoms with E-state index in [0.29, 0.717) is 26.2 Å². The number of carbonyl (C=O) groups excluding carboxylic acids is 1. The number of esters is 1. The number of ether oxygens (including phenoxy) is 2. The largest absolute Gasteiger partial charge is 0.469 e. The molecule has 0 atom stereocenters. The van der Waals surface area contributed by atoms with Crippen molar-refractivity contribution >= 4 is 5.97 Å². The molecule has 0 aromatic carbocycles. The van der Waals surface area contributed by atoms with Crippen LogP contribution in [0, 0.1) is 0 Å². The molecule has 0 bridgehead atoms. The number of aliphatic hydroxyl groups excluding tert-OH is 1. The van der Waals surface area contributed by atoms with E-state index >= 15 is 0 Å². The van der Waals surface area contributed by atoms with Crippen LogP contribution in [0.2, 0.25) is 0 Å². The smallest absolute Gasteiger partial charge is 0.306 e. The van der Waals surface area contributed by atoms with E-state index in [-0.39, 0.29) is 12.6 Å². The second-order valence-corrected chi connectivity index (χ2v) is 3.10. The van der Waals surface area contributed by atoms with Crippen LogP contribution in [-0.4, -0.2) is 62.5 Å². The average molecular weight is 219 g/mol. The van der Waals surface area contributed by atoms with Crippen molar-refractivity contribution < 1.29 is 19.4 Å². The van der Waals surface area contributed by atoms with Crippen LogP contribution in [0.5, 0.6) is 0 Å². The third-order valence-corrected chi connectivity index (χ3v) is 2.09. The molecule has 0 saturated carbocycles. The number of hydrogen-bond donors (Lipinski definition) is 1. The van der Waals surface area contributed by atoms with Crippen LogP contribution in [0.3, 0.4) is 0 Å². The van der Waals surface area contributed by atoms with Crippen LogP contribution in [0.4, 0.5) is 0 Å². The summed E-state index contributed by atoms with van der Waals surface area (Å²) in [6.45, 7) is 5.36. The number of methoxy groups -OCH3 is 1. The van der Waals surface area contributed by atoms with Crippen molar-refractivity contribution in [1.29, 1.82) is 0 Å². The van der Waals surface area contributed by atoms with E-state index in [2.05, 4.69) is 9.64 Å². The van der Waals surface area contributed by atoms with Crippen LogP contribution in [0.25, 0.3) is 0 Å². The van der Waals surface area contributed by atoms with E-state index in [9.17, 15) is 4.79 Å². The van der Waals surface area contributed by atoms with E-state index < -0.39 is 0 Å². The summed E-state index contributed by atoms with van der Waals surface area (Å²) in [4.78, 5) is 13.0. The van der Waals surface area contributed by atoms with E-state index in [1.807, 2.05) is 6.92 Å². The summed E-state index contributed by atoms with van der Waals surface area (Å²) >= 11 is 0. The van der Waals surface area contributed by atoms with Crippen molar-refractivity contribution in [3.05, 3.63) is 0 Å². The highest BCUT2D eigenvalue weighted by atomic mass is 16.5. The zero-order valence-electron chi connectivity index (χ0n) is 9.57. The minimum absolute atomic E-state index is 0.0499. The number of carbonyl (C=O) groups is 1. The van der Waals surface area contributed by atoms with Gasteiger partial charge in [0.25, 0.3) is 0 Å². The van der Waals surface area contributed by atoms with Crippen LogP contribution in [0.1, 0.15) is 13.3 Å². The fourth-order valence-electron chi connectivity index (χ4n) is 1.14. The molecule has 0 aliphatic carbocycles. The van der Waals surface area contributed by atoms with Gasteiger partial charge in [0.05, 0.1) is 33.4 Å². The summed E-state index contributed by atoms with van der Waals surface area (Å²) in [6.07, 6.45) is 0.407. The molecule has 0 aromatic rings. The number of hydrogen-bond acceptors (Lipinski definition) is 5. The van der Waals surface area contributed by atoms with Gasteiger partial charge < -0.3 is 19.5 Å². The van der Waals surface area contributed by atoms with Crippen LogP contribution in [0.15, 0.2) is 0 Å². The molecule has 0 fully saturated rings. The van der Waals surface area contributed by atoms with E-state index in [1.165, 1.54) is 7.11 Å². The molecule has 0 unspecified atom stereocenters. The van der Waals surface area contributed by atoms with Gasteiger partial charge in [-0.3, -0.25) is 4.79 Å². The Labute approximate surface area is 91.0 Å². The quantitative estimate of drug-likeness (QED) is 0.433. The average Bonchev–Trinajstić information content (AvgIpc) is 2.27. The summed E-state index contributed by atoms with van der Waals surface area (Å²) in [5.74, 6) is -0.190. The Morgan fingerprint density at radius 2 is 2.07 bits per heavy atom. The van der Waals surface area contributed by atoms with E-state index in [0.717, 1.165) is 13.1 Å². The maximum atomic E-state index is 10.9. The lowest BCUT2D eigenvalue weighted by molar-refractivity contribution is -0.141. The zero-order valence-corrected chi connectivity index (χ0v) is 9.57. The van der Waals surface area contributed by atoms with Gasteiger partial charge in [-0.05, 0) is 6.54 Å². The van der Waals surface area contributed by atoms with Gasteiger partial charge in [-0.2, -0.15) is 0 Å². The molecule has 90 valence electrons. The first-order valence-electron chi connectivity index (χ1n) is 5.22. The highest BCUT2D eigenvalue weighted by Gasteiger charge is 2.06. The SMILES string of the molecule is CCN(CCOCCO)CCC(=O)OC. The Balaban J connectivity index is 3.50. The third-order valence-electron chi connectivity index (χ3n) is 2.09. The van der Waals surface area contributed by atoms with Gasteiger partial charge >= 0.3 is 5.97 Å². The molecule has 15 heavy (non-hydrogen) atoms. The van der Waals surface area contributed by atoms with Crippen molar-refractivity contribution in [2.24, 2.45) is 0 Å². The summed E-state index contributed by atoms with van der Waals surface area (Å²) in [7, 11) is 1.39. The van der Waals surface area contributed by atoms with Gasteiger partial charge in [-0.1, -0.05) is 6.92 Å². The number of rotatable bonds is 9. The Morgan fingerprint density at radius 1 is 1.33 bits per heavy atom. The second kappa shape index (κ2) is 9.89. The Bertz CT molecular complexity index is 164. The van der Waals surface area contributed by atoms with Gasteiger partial charge in [-0.15, -0.1) is 0 Å². The van der Waals surface area contributed by atoms with Crippen molar-refractivity contribution in [3.63, 3.8) is 0 Å². The highest BCUT2D eigenvalue weighted by molar-refractivity contribution is 5.69. The molecule has 0 radical (unpaired) electrons. The molecule has 5 nitrogen and oxygen atoms in total. The summed E-state index contributed by atoms with van der Waals surface area (Å²) in [5, 5.41) is 8.50. The normalized spacial score (nSPS) is 10.7. The molecule has 0 heterocycles. The van der Waals surface area contributed by atoms with Crippen LogP contribution in [-0.2, 0) is 14.3 Å². The Morgan fingerprint density at radius 3 is 2.60 bits per heavy atom. The minimum Gasteiger partial charge on any atom is -0.469 e. The van der Waals surface area contributed by atoms with Gasteiger partial charge in [0, 0.05) is 13.1 Å². The van der Waals surface area contributed by atoms with Gasteiger partial charge in [-0.25, -0.2) is 0 Å². The lowest BCUT2D eigenvalue weighted by Gasteiger charge is -2.19. The molecule has 0 aliphatic rings. The van der Waals surface area contributed by atoms with Crippen molar-refractivity contribution in [3.8, 4) is 0 Å². The van der Waals surface area contributed by atoms with Gasteiger partial charge in [0.15, 0.2) is 0 Å². The lowest BCUT2D eigenvalue weighted by atomic mass is 10.3. The summed E-state index contributed by atoms with van der Waals surface area (Å²) in [5.41, 5.74) is 0. The molecule has 0 saturated heterocycles. The Kier molecular flexibility index (Phi) is 9.46. The predicted molar refractivity (Wildman–Crippen MR) is 56.7 cm³/mol. The first-order valence-corrected chi connectivity index (χ1v) is 5.22. The minimum atomic E-state index is -0.190. The molecule has 0 spiro atoms. The molecule has 1 N–H and O–H groups in total. The monoisotopic (exact) mass is 219 g/mol. The van der Waals surface area contributed by atoms with E-state index in [4.69, 9.17) is 9.84 Å². The molecule has 0 rings (SSSR count). The highest BCUT2D eigenvalue weighted by Crippen LogP contribution is 1.93. The molecule has 0 aromatic heterocycles. The maximum Gasteiger partial charge on any atom is 0.306 e. The predicted octanol–water partition coefficient (Wildman–Crippen LogP) is -0.120. The van der Waals surface area contributed by atoms with Crippen molar-refractivity contribution in [2.45, 2.75) is 13.3 Å². The van der Waals surface area contributed by atoms with Crippen molar-refractivity contribution in [1.82, 2.24) is 4.90 Å². The van der Waals surface area contributed by atoms with Crippen LogP contribution < -0.4 is 0 Å². The number of aliphatic hydroxyl groups is 1. The summed E-state index contributed by atoms with van der Waals surface area (Å²) in [6, 6.07) is 0. The van der Waals surface area contributed by atoms with Crippen LogP contribution >= 0.6 is 0 Å². The first-order chi connectivity index (χ1) is 7.24.